The molecule has 0 amide bonds. The molecule has 1 aromatic heterocycles. The van der Waals surface area contributed by atoms with Gasteiger partial charge in [0.1, 0.15) is 5.75 Å². The summed E-state index contributed by atoms with van der Waals surface area (Å²) in [7, 11) is 0. The predicted molar refractivity (Wildman–Crippen MR) is 105 cm³/mol. The molecule has 29 heavy (non-hydrogen) atoms. The highest BCUT2D eigenvalue weighted by molar-refractivity contribution is 5.30. The lowest BCUT2D eigenvalue weighted by Gasteiger charge is -2.32. The average molecular weight is 406 g/mol. The number of phenols is 1. The quantitative estimate of drug-likeness (QED) is 0.684. The van der Waals surface area contributed by atoms with Crippen molar-refractivity contribution in [1.29, 1.82) is 0 Å². The third-order valence-corrected chi connectivity index (χ3v) is 5.05. The first-order chi connectivity index (χ1) is 13.8. The molecule has 0 unspecified atom stereocenters. The molecular weight excluding hydrogens is 381 g/mol. The van der Waals surface area contributed by atoms with Crippen LogP contribution < -0.4 is 11.1 Å². The summed E-state index contributed by atoms with van der Waals surface area (Å²) >= 11 is 0. The largest absolute Gasteiger partial charge is 0.508 e. The summed E-state index contributed by atoms with van der Waals surface area (Å²) in [4.78, 5) is 6.19. The van der Waals surface area contributed by atoms with Crippen LogP contribution in [0.25, 0.3) is 0 Å². The Hall–Kier alpha value is -2.74. The number of likely N-dealkylation sites (tertiary alicyclic amines) is 1. The van der Waals surface area contributed by atoms with Gasteiger partial charge in [-0.1, -0.05) is 12.1 Å². The molecule has 1 aromatic carbocycles. The van der Waals surface area contributed by atoms with Crippen LogP contribution in [-0.4, -0.2) is 34.6 Å². The summed E-state index contributed by atoms with van der Waals surface area (Å²) in [5.74, 6) is 0.715. The van der Waals surface area contributed by atoms with E-state index in [0.717, 1.165) is 49.8 Å². The highest BCUT2D eigenvalue weighted by Gasteiger charge is 2.30. The molecule has 2 aromatic rings. The number of nitrogens with two attached hydrogens (primary N) is 1. The van der Waals surface area contributed by atoms with Crippen molar-refractivity contribution in [2.45, 2.75) is 31.5 Å². The number of phenolic OH excluding ortho intramolecular Hbond substituents is 1. The Morgan fingerprint density at radius 1 is 1.24 bits per heavy atom. The van der Waals surface area contributed by atoms with Crippen molar-refractivity contribution < 1.29 is 18.3 Å². The molecule has 0 atom stereocenters. The van der Waals surface area contributed by atoms with Crippen molar-refractivity contribution in [2.24, 2.45) is 5.73 Å². The van der Waals surface area contributed by atoms with Gasteiger partial charge >= 0.3 is 6.18 Å². The van der Waals surface area contributed by atoms with Gasteiger partial charge in [0.2, 0.25) is 0 Å². The zero-order valence-electron chi connectivity index (χ0n) is 16.0. The topological polar surface area (TPSA) is 74.4 Å². The van der Waals surface area contributed by atoms with Crippen LogP contribution in [0.4, 0.5) is 13.2 Å². The van der Waals surface area contributed by atoms with Crippen molar-refractivity contribution in [3.05, 3.63) is 71.3 Å². The number of alkyl halides is 3. The Morgan fingerprint density at radius 3 is 2.69 bits per heavy atom. The molecule has 1 aliphatic rings. The van der Waals surface area contributed by atoms with Crippen LogP contribution in [0.2, 0.25) is 0 Å². The second-order valence-electron chi connectivity index (χ2n) is 7.28. The zero-order chi connectivity index (χ0) is 20.9. The molecule has 0 bridgehead atoms. The van der Waals surface area contributed by atoms with Crippen LogP contribution in [-0.2, 0) is 12.7 Å². The van der Waals surface area contributed by atoms with E-state index >= 15 is 0 Å². The number of nitrogens with zero attached hydrogens (tertiary/aromatic N) is 2. The Bertz CT molecular complexity index is 846. The minimum Gasteiger partial charge on any atom is -0.508 e. The summed E-state index contributed by atoms with van der Waals surface area (Å²) < 4.78 is 38.2. The molecule has 1 aliphatic heterocycles. The van der Waals surface area contributed by atoms with Gasteiger partial charge in [0.25, 0.3) is 0 Å². The molecule has 1 fully saturated rings. The fourth-order valence-electron chi connectivity index (χ4n) is 3.54. The van der Waals surface area contributed by atoms with Crippen LogP contribution in [0.5, 0.6) is 5.75 Å². The SMILES string of the molecule is N/C(=C\NCc1cc(C(F)(F)F)ccn1)CN1CCC(c2cccc(O)c2)CC1. The minimum absolute atomic E-state index is 0.171. The van der Waals surface area contributed by atoms with E-state index in [1.54, 1.807) is 12.3 Å². The number of aromatic hydroxyl groups is 1. The number of pyridine rings is 1. The number of piperidine rings is 1. The number of halogens is 3. The third kappa shape index (κ3) is 6.12. The Labute approximate surface area is 168 Å². The number of nitrogens with one attached hydrogen (secondary N) is 1. The molecule has 8 heteroatoms. The summed E-state index contributed by atoms with van der Waals surface area (Å²) in [5.41, 5.74) is 7.42. The van der Waals surface area contributed by atoms with Crippen molar-refractivity contribution in [3.8, 4) is 5.75 Å². The van der Waals surface area contributed by atoms with E-state index in [1.807, 2.05) is 18.2 Å². The van der Waals surface area contributed by atoms with Gasteiger partial charge in [-0.25, -0.2) is 0 Å². The Kier molecular flexibility index (Phi) is 6.64. The minimum atomic E-state index is -4.38. The maximum absolute atomic E-state index is 12.7. The van der Waals surface area contributed by atoms with E-state index in [0.29, 0.717) is 29.6 Å². The molecule has 0 spiro atoms. The number of hydrogen-bond donors (Lipinski definition) is 3. The first kappa shape index (κ1) is 21.0. The van der Waals surface area contributed by atoms with Crippen LogP contribution >= 0.6 is 0 Å². The van der Waals surface area contributed by atoms with E-state index in [4.69, 9.17) is 5.73 Å². The van der Waals surface area contributed by atoms with E-state index in [2.05, 4.69) is 15.2 Å². The van der Waals surface area contributed by atoms with Gasteiger partial charge in [-0.05, 0) is 61.7 Å². The van der Waals surface area contributed by atoms with Gasteiger partial charge < -0.3 is 16.2 Å². The Morgan fingerprint density at radius 2 is 2.00 bits per heavy atom. The normalized spacial score (nSPS) is 16.7. The second kappa shape index (κ2) is 9.17. The van der Waals surface area contributed by atoms with Crippen LogP contribution in [0.15, 0.2) is 54.5 Å². The predicted octanol–water partition coefficient (Wildman–Crippen LogP) is 3.58. The molecule has 4 N–H and O–H groups in total. The summed E-state index contributed by atoms with van der Waals surface area (Å²) in [6.07, 6.45) is 0.376. The number of aromatic nitrogens is 1. The molecule has 0 radical (unpaired) electrons. The van der Waals surface area contributed by atoms with Gasteiger partial charge in [0.15, 0.2) is 0 Å². The van der Waals surface area contributed by atoms with Crippen molar-refractivity contribution in [1.82, 2.24) is 15.2 Å². The summed E-state index contributed by atoms with van der Waals surface area (Å²) in [5, 5.41) is 12.6. The lowest BCUT2D eigenvalue weighted by atomic mass is 9.89. The maximum atomic E-state index is 12.7. The number of benzene rings is 1. The molecule has 1 saturated heterocycles. The molecule has 5 nitrogen and oxygen atoms in total. The lowest BCUT2D eigenvalue weighted by molar-refractivity contribution is -0.137. The van der Waals surface area contributed by atoms with Gasteiger partial charge in [-0.15, -0.1) is 0 Å². The Balaban J connectivity index is 1.45. The zero-order valence-corrected chi connectivity index (χ0v) is 16.0. The molecular formula is C21H25F3N4O. The highest BCUT2D eigenvalue weighted by atomic mass is 19.4. The molecule has 3 rings (SSSR count). The number of hydrogen-bond acceptors (Lipinski definition) is 5. The van der Waals surface area contributed by atoms with Gasteiger partial charge in [0, 0.05) is 24.6 Å². The first-order valence-electron chi connectivity index (χ1n) is 9.52. The molecule has 0 saturated carbocycles. The van der Waals surface area contributed by atoms with E-state index < -0.39 is 11.7 Å². The summed E-state index contributed by atoms with van der Waals surface area (Å²) in [6.45, 7) is 2.55. The van der Waals surface area contributed by atoms with Crippen molar-refractivity contribution in [2.75, 3.05) is 19.6 Å². The van der Waals surface area contributed by atoms with Crippen molar-refractivity contribution in [3.63, 3.8) is 0 Å². The standard InChI is InChI=1S/C21H25F3N4O/c22-21(23,24)17-4-7-27-19(11-17)13-26-12-18(25)14-28-8-5-15(6-9-28)16-2-1-3-20(29)10-16/h1-4,7,10-12,15,26,29H,5-6,8-9,13-14,25H2/b18-12-. The molecule has 2 heterocycles. The van der Waals surface area contributed by atoms with Crippen LogP contribution in [0.1, 0.15) is 35.6 Å². The van der Waals surface area contributed by atoms with E-state index in [9.17, 15) is 18.3 Å². The average Bonchev–Trinajstić information content (AvgIpc) is 2.68. The second-order valence-corrected chi connectivity index (χ2v) is 7.28. The third-order valence-electron chi connectivity index (χ3n) is 5.05. The highest BCUT2D eigenvalue weighted by Crippen LogP contribution is 2.30. The van der Waals surface area contributed by atoms with Crippen molar-refractivity contribution >= 4 is 0 Å². The van der Waals surface area contributed by atoms with Gasteiger partial charge in [0.05, 0.1) is 17.8 Å². The lowest BCUT2D eigenvalue weighted by Crippen LogP contribution is -2.36. The fourth-order valence-corrected chi connectivity index (χ4v) is 3.54. The monoisotopic (exact) mass is 406 g/mol. The smallest absolute Gasteiger partial charge is 0.416 e. The number of rotatable bonds is 6. The fraction of sp³-hybridized carbons (Fsp3) is 0.381. The maximum Gasteiger partial charge on any atom is 0.416 e. The van der Waals surface area contributed by atoms with Crippen LogP contribution in [0, 0.1) is 0 Å². The van der Waals surface area contributed by atoms with E-state index in [1.165, 1.54) is 0 Å². The molecule has 0 aliphatic carbocycles. The first-order valence-corrected chi connectivity index (χ1v) is 9.52. The summed E-state index contributed by atoms with van der Waals surface area (Å²) in [6, 6.07) is 9.38. The van der Waals surface area contributed by atoms with Gasteiger partial charge in [-0.3, -0.25) is 9.88 Å². The molecule has 156 valence electrons. The van der Waals surface area contributed by atoms with E-state index in [-0.39, 0.29) is 6.54 Å². The van der Waals surface area contributed by atoms with Gasteiger partial charge in [-0.2, -0.15) is 13.2 Å². The van der Waals surface area contributed by atoms with Crippen LogP contribution in [0.3, 0.4) is 0 Å².